The number of nitrogens with zero attached hydrogens (tertiary/aromatic N) is 2. The van der Waals surface area contributed by atoms with Crippen LogP contribution in [0, 0.1) is 0 Å². The molecular weight excluding hydrogens is 354 g/mol. The highest BCUT2D eigenvalue weighted by molar-refractivity contribution is 7.87. The van der Waals surface area contributed by atoms with E-state index in [1.807, 2.05) is 6.92 Å². The van der Waals surface area contributed by atoms with Crippen molar-refractivity contribution >= 4 is 10.2 Å². The van der Waals surface area contributed by atoms with Gasteiger partial charge in [-0.15, -0.1) is 0 Å². The van der Waals surface area contributed by atoms with Crippen LogP contribution in [0.15, 0.2) is 42.6 Å². The third-order valence-electron chi connectivity index (χ3n) is 3.78. The molecular formula is C18H25N3O4S. The van der Waals surface area contributed by atoms with Crippen LogP contribution in [-0.4, -0.2) is 38.4 Å². The second-order valence-corrected chi connectivity index (χ2v) is 7.64. The van der Waals surface area contributed by atoms with E-state index in [1.54, 1.807) is 56.8 Å². The molecule has 0 atom stereocenters. The summed E-state index contributed by atoms with van der Waals surface area (Å²) in [5, 5.41) is 0. The van der Waals surface area contributed by atoms with Gasteiger partial charge in [-0.05, 0) is 42.3 Å². The van der Waals surface area contributed by atoms with Gasteiger partial charge in [-0.2, -0.15) is 17.4 Å². The predicted molar refractivity (Wildman–Crippen MR) is 101 cm³/mol. The van der Waals surface area contributed by atoms with E-state index < -0.39 is 10.2 Å². The van der Waals surface area contributed by atoms with Crippen LogP contribution in [0.5, 0.6) is 17.4 Å². The van der Waals surface area contributed by atoms with E-state index in [4.69, 9.17) is 9.47 Å². The molecule has 2 aromatic rings. The molecule has 0 bridgehead atoms. The van der Waals surface area contributed by atoms with Crippen LogP contribution in [0.3, 0.4) is 0 Å². The Morgan fingerprint density at radius 2 is 1.85 bits per heavy atom. The monoisotopic (exact) mass is 379 g/mol. The Bertz CT molecular complexity index is 794. The summed E-state index contributed by atoms with van der Waals surface area (Å²) < 4.78 is 39.1. The van der Waals surface area contributed by atoms with Crippen LogP contribution in [-0.2, 0) is 16.8 Å². The van der Waals surface area contributed by atoms with E-state index in [1.165, 1.54) is 4.31 Å². The topological polar surface area (TPSA) is 80.8 Å². The summed E-state index contributed by atoms with van der Waals surface area (Å²) in [6.45, 7) is 2.68. The number of nitrogens with one attached hydrogen (secondary N) is 1. The maximum absolute atomic E-state index is 12.2. The Morgan fingerprint density at radius 3 is 2.50 bits per heavy atom. The first kappa shape index (κ1) is 20.2. The molecule has 0 fully saturated rings. The summed E-state index contributed by atoms with van der Waals surface area (Å²) in [4.78, 5) is 4.16. The molecule has 1 N–H and O–H groups in total. The SMILES string of the molecule is CCCCN(C)S(=O)(=O)NCc1ccnc(Oc2ccc(OC)cc2)c1. The Balaban J connectivity index is 1.97. The van der Waals surface area contributed by atoms with Gasteiger partial charge >= 0.3 is 0 Å². The van der Waals surface area contributed by atoms with Crippen LogP contribution in [0.1, 0.15) is 25.3 Å². The first-order valence-corrected chi connectivity index (χ1v) is 9.86. The predicted octanol–water partition coefficient (Wildman–Crippen LogP) is 2.95. The van der Waals surface area contributed by atoms with Crippen molar-refractivity contribution in [1.29, 1.82) is 0 Å². The Labute approximate surface area is 155 Å². The second-order valence-electron chi connectivity index (χ2n) is 5.78. The average molecular weight is 379 g/mol. The van der Waals surface area contributed by atoms with Crippen molar-refractivity contribution in [2.45, 2.75) is 26.3 Å². The highest BCUT2D eigenvalue weighted by atomic mass is 32.2. The summed E-state index contributed by atoms with van der Waals surface area (Å²) in [6.07, 6.45) is 3.35. The normalized spacial score (nSPS) is 11.5. The van der Waals surface area contributed by atoms with E-state index >= 15 is 0 Å². The number of methoxy groups -OCH3 is 1. The number of hydrogen-bond donors (Lipinski definition) is 1. The van der Waals surface area contributed by atoms with Crippen LogP contribution < -0.4 is 14.2 Å². The highest BCUT2D eigenvalue weighted by Crippen LogP contribution is 2.22. The van der Waals surface area contributed by atoms with E-state index in [0.717, 1.165) is 24.2 Å². The minimum atomic E-state index is -3.50. The molecule has 2 rings (SSSR count). The lowest BCUT2D eigenvalue weighted by molar-refractivity contribution is 0.412. The molecule has 0 spiro atoms. The Kier molecular flexibility index (Phi) is 7.38. The molecule has 1 aromatic heterocycles. The summed E-state index contributed by atoms with van der Waals surface area (Å²) in [6, 6.07) is 10.6. The number of benzene rings is 1. The standard InChI is InChI=1S/C18H25N3O4S/c1-4-5-12-21(2)26(22,23)20-14-15-10-11-19-18(13-15)25-17-8-6-16(24-3)7-9-17/h6-11,13,20H,4-5,12,14H2,1-3H3. The number of pyridine rings is 1. The molecule has 0 saturated carbocycles. The molecule has 8 heteroatoms. The summed E-state index contributed by atoms with van der Waals surface area (Å²) in [5.74, 6) is 1.75. The minimum Gasteiger partial charge on any atom is -0.497 e. The number of ether oxygens (including phenoxy) is 2. The summed E-state index contributed by atoms with van der Waals surface area (Å²) >= 11 is 0. The third kappa shape index (κ3) is 5.98. The maximum Gasteiger partial charge on any atom is 0.279 e. The third-order valence-corrected chi connectivity index (χ3v) is 5.29. The Hall–Kier alpha value is -2.16. The lowest BCUT2D eigenvalue weighted by Crippen LogP contribution is -2.38. The van der Waals surface area contributed by atoms with Gasteiger partial charge in [0.25, 0.3) is 10.2 Å². The van der Waals surface area contributed by atoms with Gasteiger partial charge < -0.3 is 9.47 Å². The van der Waals surface area contributed by atoms with Gasteiger partial charge in [-0.1, -0.05) is 13.3 Å². The zero-order valence-corrected chi connectivity index (χ0v) is 16.1. The first-order chi connectivity index (χ1) is 12.4. The van der Waals surface area contributed by atoms with Crippen molar-refractivity contribution in [3.8, 4) is 17.4 Å². The fourth-order valence-electron chi connectivity index (χ4n) is 2.17. The zero-order valence-electron chi connectivity index (χ0n) is 15.3. The number of hydrogen-bond acceptors (Lipinski definition) is 5. The van der Waals surface area contributed by atoms with Crippen molar-refractivity contribution in [2.24, 2.45) is 0 Å². The molecule has 0 aliphatic rings. The first-order valence-electron chi connectivity index (χ1n) is 8.42. The van der Waals surface area contributed by atoms with E-state index in [2.05, 4.69) is 9.71 Å². The van der Waals surface area contributed by atoms with Gasteiger partial charge in [0.15, 0.2) is 0 Å². The smallest absolute Gasteiger partial charge is 0.279 e. The van der Waals surface area contributed by atoms with Gasteiger partial charge in [-0.3, -0.25) is 0 Å². The summed E-state index contributed by atoms with van der Waals surface area (Å²) in [7, 11) is -0.331. The van der Waals surface area contributed by atoms with Crippen molar-refractivity contribution in [3.63, 3.8) is 0 Å². The van der Waals surface area contributed by atoms with Crippen LogP contribution in [0.4, 0.5) is 0 Å². The fraction of sp³-hybridized carbons (Fsp3) is 0.389. The van der Waals surface area contributed by atoms with Crippen molar-refractivity contribution in [2.75, 3.05) is 20.7 Å². The Morgan fingerprint density at radius 1 is 1.15 bits per heavy atom. The molecule has 7 nitrogen and oxygen atoms in total. The molecule has 0 saturated heterocycles. The van der Waals surface area contributed by atoms with Crippen molar-refractivity contribution < 1.29 is 17.9 Å². The fourth-order valence-corrected chi connectivity index (χ4v) is 3.11. The molecule has 26 heavy (non-hydrogen) atoms. The van der Waals surface area contributed by atoms with E-state index in [9.17, 15) is 8.42 Å². The van der Waals surface area contributed by atoms with Crippen molar-refractivity contribution in [1.82, 2.24) is 14.0 Å². The molecule has 0 aliphatic carbocycles. The summed E-state index contributed by atoms with van der Waals surface area (Å²) in [5.41, 5.74) is 0.760. The minimum absolute atomic E-state index is 0.167. The highest BCUT2D eigenvalue weighted by Gasteiger charge is 2.16. The van der Waals surface area contributed by atoms with Crippen LogP contribution >= 0.6 is 0 Å². The second kappa shape index (κ2) is 9.51. The molecule has 142 valence electrons. The average Bonchev–Trinajstić information content (AvgIpc) is 2.65. The largest absolute Gasteiger partial charge is 0.497 e. The van der Waals surface area contributed by atoms with Gasteiger partial charge in [0, 0.05) is 32.4 Å². The van der Waals surface area contributed by atoms with Crippen LogP contribution in [0.25, 0.3) is 0 Å². The molecule has 0 aliphatic heterocycles. The number of rotatable bonds is 10. The van der Waals surface area contributed by atoms with E-state index in [-0.39, 0.29) is 6.54 Å². The van der Waals surface area contributed by atoms with Gasteiger partial charge in [-0.25, -0.2) is 4.98 Å². The molecule has 0 amide bonds. The van der Waals surface area contributed by atoms with Gasteiger partial charge in [0.2, 0.25) is 5.88 Å². The molecule has 1 heterocycles. The van der Waals surface area contributed by atoms with Crippen molar-refractivity contribution in [3.05, 3.63) is 48.2 Å². The quantitative estimate of drug-likeness (QED) is 0.686. The lowest BCUT2D eigenvalue weighted by atomic mass is 10.3. The van der Waals surface area contributed by atoms with Gasteiger partial charge in [0.1, 0.15) is 11.5 Å². The number of aromatic nitrogens is 1. The van der Waals surface area contributed by atoms with Crippen LogP contribution in [0.2, 0.25) is 0 Å². The van der Waals surface area contributed by atoms with Gasteiger partial charge in [0.05, 0.1) is 7.11 Å². The molecule has 0 radical (unpaired) electrons. The lowest BCUT2D eigenvalue weighted by Gasteiger charge is -2.17. The van der Waals surface area contributed by atoms with E-state index in [0.29, 0.717) is 18.2 Å². The zero-order chi connectivity index (χ0) is 19.0. The maximum atomic E-state index is 12.2. The molecule has 0 unspecified atom stereocenters. The molecule has 1 aromatic carbocycles. The number of unbranched alkanes of at least 4 members (excludes halogenated alkanes) is 1.